The van der Waals surface area contributed by atoms with Crippen molar-refractivity contribution in [3.63, 3.8) is 0 Å². The zero-order chi connectivity index (χ0) is 16.0. The summed E-state index contributed by atoms with van der Waals surface area (Å²) in [4.78, 5) is 8.56. The number of guanidine groups is 1. The predicted molar refractivity (Wildman–Crippen MR) is 85.6 cm³/mol. The fourth-order valence-corrected chi connectivity index (χ4v) is 1.84. The summed E-state index contributed by atoms with van der Waals surface area (Å²) in [6.45, 7) is 8.26. The lowest BCUT2D eigenvalue weighted by Crippen LogP contribution is -2.38. The third-order valence-electron chi connectivity index (χ3n) is 3.08. The molecule has 0 aromatic carbocycles. The zero-order valence-electron chi connectivity index (χ0n) is 13.6. The molecule has 0 aliphatic rings. The Morgan fingerprint density at radius 2 is 2.00 bits per heavy atom. The van der Waals surface area contributed by atoms with E-state index < -0.39 is 0 Å². The molecule has 2 aromatic rings. The molecule has 22 heavy (non-hydrogen) atoms. The molecular weight excluding hydrogens is 280 g/mol. The van der Waals surface area contributed by atoms with Gasteiger partial charge < -0.3 is 19.7 Å². The van der Waals surface area contributed by atoms with Crippen molar-refractivity contribution >= 4 is 5.96 Å². The van der Waals surface area contributed by atoms with Gasteiger partial charge in [0.2, 0.25) is 5.89 Å². The van der Waals surface area contributed by atoms with Crippen molar-refractivity contribution in [1.29, 1.82) is 0 Å². The molecule has 0 radical (unpaired) electrons. The minimum absolute atomic E-state index is 0.137. The van der Waals surface area contributed by atoms with Gasteiger partial charge in [-0.15, -0.1) is 0 Å². The number of aromatic nitrogens is 3. The fourth-order valence-electron chi connectivity index (χ4n) is 1.84. The highest BCUT2D eigenvalue weighted by Gasteiger charge is 2.21. The molecule has 0 saturated heterocycles. The first-order valence-electron chi connectivity index (χ1n) is 7.37. The van der Waals surface area contributed by atoms with Crippen LogP contribution in [-0.4, -0.2) is 34.3 Å². The standard InChI is InChI=1S/C15H24N6O/c1-15(2,3)13-19-12(20-22-13)11-18-14(16-4)17-7-10-21-8-5-6-9-21/h5-6,8-9H,7,10-11H2,1-4H3,(H2,16,17,18). The van der Waals surface area contributed by atoms with Crippen molar-refractivity contribution in [2.75, 3.05) is 13.6 Å². The van der Waals surface area contributed by atoms with Gasteiger partial charge in [0, 0.05) is 37.9 Å². The van der Waals surface area contributed by atoms with E-state index in [2.05, 4.69) is 30.3 Å². The van der Waals surface area contributed by atoms with Crippen LogP contribution in [-0.2, 0) is 18.5 Å². The van der Waals surface area contributed by atoms with E-state index in [9.17, 15) is 0 Å². The van der Waals surface area contributed by atoms with Crippen molar-refractivity contribution in [3.8, 4) is 0 Å². The maximum Gasteiger partial charge on any atom is 0.232 e. The summed E-state index contributed by atoms with van der Waals surface area (Å²) in [5.74, 6) is 1.98. The first-order valence-corrected chi connectivity index (χ1v) is 7.37. The normalized spacial score (nSPS) is 12.5. The second-order valence-electron chi connectivity index (χ2n) is 6.04. The van der Waals surface area contributed by atoms with Crippen molar-refractivity contribution in [2.45, 2.75) is 39.3 Å². The Labute approximate surface area is 130 Å². The highest BCUT2D eigenvalue weighted by atomic mass is 16.5. The van der Waals surface area contributed by atoms with E-state index >= 15 is 0 Å². The second-order valence-corrected chi connectivity index (χ2v) is 6.04. The molecule has 2 N–H and O–H groups in total. The molecule has 0 saturated carbocycles. The van der Waals surface area contributed by atoms with Gasteiger partial charge in [0.15, 0.2) is 11.8 Å². The van der Waals surface area contributed by atoms with E-state index in [0.717, 1.165) is 13.1 Å². The number of rotatable bonds is 5. The van der Waals surface area contributed by atoms with Crippen LogP contribution in [0.5, 0.6) is 0 Å². The van der Waals surface area contributed by atoms with E-state index in [1.165, 1.54) is 0 Å². The van der Waals surface area contributed by atoms with E-state index in [0.29, 0.717) is 24.2 Å². The van der Waals surface area contributed by atoms with Gasteiger partial charge in [0.1, 0.15) is 0 Å². The molecule has 0 amide bonds. The molecule has 0 spiro atoms. The molecule has 2 aromatic heterocycles. The van der Waals surface area contributed by atoms with Crippen LogP contribution in [0.25, 0.3) is 0 Å². The molecule has 0 unspecified atom stereocenters. The maximum atomic E-state index is 5.26. The molecule has 2 heterocycles. The molecular formula is C15H24N6O. The molecule has 0 aliphatic carbocycles. The topological polar surface area (TPSA) is 80.3 Å². The second kappa shape index (κ2) is 7.11. The number of aliphatic imine (C=N–C) groups is 1. The third-order valence-corrected chi connectivity index (χ3v) is 3.08. The summed E-state index contributed by atoms with van der Waals surface area (Å²) in [6.07, 6.45) is 4.07. The molecule has 7 heteroatoms. The average Bonchev–Trinajstić information content (AvgIpc) is 3.13. The van der Waals surface area contributed by atoms with Gasteiger partial charge in [-0.1, -0.05) is 25.9 Å². The number of nitrogens with one attached hydrogen (secondary N) is 2. The molecule has 120 valence electrons. The zero-order valence-corrected chi connectivity index (χ0v) is 13.6. The summed E-state index contributed by atoms with van der Waals surface area (Å²) in [5.41, 5.74) is -0.137. The Hall–Kier alpha value is -2.31. The van der Waals surface area contributed by atoms with Crippen LogP contribution < -0.4 is 10.6 Å². The van der Waals surface area contributed by atoms with Crippen LogP contribution in [0.1, 0.15) is 32.5 Å². The lowest BCUT2D eigenvalue weighted by Gasteiger charge is -2.11. The third kappa shape index (κ3) is 4.61. The molecule has 0 atom stereocenters. The SMILES string of the molecule is CN=C(NCCn1cccc1)NCc1noc(C(C)(C)C)n1. The molecule has 0 bridgehead atoms. The minimum atomic E-state index is -0.137. The fraction of sp³-hybridized carbons (Fsp3) is 0.533. The molecule has 2 rings (SSSR count). The number of hydrogen-bond donors (Lipinski definition) is 2. The quantitative estimate of drug-likeness (QED) is 0.647. The van der Waals surface area contributed by atoms with E-state index in [1.54, 1.807) is 7.05 Å². The van der Waals surface area contributed by atoms with Crippen LogP contribution in [0.3, 0.4) is 0 Å². The van der Waals surface area contributed by atoms with E-state index in [-0.39, 0.29) is 5.41 Å². The Balaban J connectivity index is 1.77. The number of hydrogen-bond acceptors (Lipinski definition) is 4. The average molecular weight is 304 g/mol. The van der Waals surface area contributed by atoms with Crippen LogP contribution in [0, 0.1) is 0 Å². The number of nitrogens with zero attached hydrogens (tertiary/aromatic N) is 4. The highest BCUT2D eigenvalue weighted by Crippen LogP contribution is 2.19. The van der Waals surface area contributed by atoms with Gasteiger partial charge in [-0.05, 0) is 12.1 Å². The van der Waals surface area contributed by atoms with Crippen molar-refractivity contribution < 1.29 is 4.52 Å². The van der Waals surface area contributed by atoms with Crippen molar-refractivity contribution in [1.82, 2.24) is 25.3 Å². The predicted octanol–water partition coefficient (Wildman–Crippen LogP) is 1.53. The Morgan fingerprint density at radius 3 is 2.59 bits per heavy atom. The van der Waals surface area contributed by atoms with Gasteiger partial charge in [0.05, 0.1) is 6.54 Å². The van der Waals surface area contributed by atoms with Crippen LogP contribution in [0.15, 0.2) is 34.0 Å². The lowest BCUT2D eigenvalue weighted by molar-refractivity contribution is 0.318. The van der Waals surface area contributed by atoms with E-state index in [1.807, 2.05) is 45.3 Å². The summed E-state index contributed by atoms with van der Waals surface area (Å²) < 4.78 is 7.37. The van der Waals surface area contributed by atoms with Crippen molar-refractivity contribution in [2.24, 2.45) is 4.99 Å². The smallest absolute Gasteiger partial charge is 0.232 e. The van der Waals surface area contributed by atoms with Gasteiger partial charge in [0.25, 0.3) is 0 Å². The van der Waals surface area contributed by atoms with Gasteiger partial charge in [-0.25, -0.2) is 0 Å². The highest BCUT2D eigenvalue weighted by molar-refractivity contribution is 5.79. The van der Waals surface area contributed by atoms with Gasteiger partial charge in [-0.3, -0.25) is 4.99 Å². The van der Waals surface area contributed by atoms with Crippen LogP contribution in [0.2, 0.25) is 0 Å². The lowest BCUT2D eigenvalue weighted by atomic mass is 9.97. The Bertz CT molecular complexity index is 594. The monoisotopic (exact) mass is 304 g/mol. The van der Waals surface area contributed by atoms with Crippen LogP contribution >= 0.6 is 0 Å². The molecule has 7 nitrogen and oxygen atoms in total. The summed E-state index contributed by atoms with van der Waals surface area (Å²) in [6, 6.07) is 4.02. The Morgan fingerprint density at radius 1 is 1.27 bits per heavy atom. The summed E-state index contributed by atoms with van der Waals surface area (Å²) in [7, 11) is 1.74. The first-order chi connectivity index (χ1) is 10.5. The van der Waals surface area contributed by atoms with E-state index in [4.69, 9.17) is 4.52 Å². The summed E-state index contributed by atoms with van der Waals surface area (Å²) in [5, 5.41) is 10.4. The van der Waals surface area contributed by atoms with Gasteiger partial charge >= 0.3 is 0 Å². The molecule has 0 fully saturated rings. The summed E-state index contributed by atoms with van der Waals surface area (Å²) >= 11 is 0. The van der Waals surface area contributed by atoms with Gasteiger partial charge in [-0.2, -0.15) is 4.98 Å². The molecule has 0 aliphatic heterocycles. The minimum Gasteiger partial charge on any atom is -0.355 e. The van der Waals surface area contributed by atoms with Crippen molar-refractivity contribution in [3.05, 3.63) is 36.2 Å². The Kier molecular flexibility index (Phi) is 5.19. The van der Waals surface area contributed by atoms with Crippen LogP contribution in [0.4, 0.5) is 0 Å². The first kappa shape index (κ1) is 16.1. The maximum absolute atomic E-state index is 5.26. The largest absolute Gasteiger partial charge is 0.355 e.